The van der Waals surface area contributed by atoms with E-state index in [1.807, 2.05) is 0 Å². The van der Waals surface area contributed by atoms with Crippen molar-refractivity contribution in [1.29, 1.82) is 0 Å². The van der Waals surface area contributed by atoms with Crippen LogP contribution in [0.5, 0.6) is 0 Å². The van der Waals surface area contributed by atoms with Crippen molar-refractivity contribution in [1.82, 2.24) is 0 Å². The van der Waals surface area contributed by atoms with Gasteiger partial charge in [0.1, 0.15) is 0 Å². The van der Waals surface area contributed by atoms with Gasteiger partial charge in [0, 0.05) is 0 Å². The first-order valence-corrected chi connectivity index (χ1v) is 5.58. The maximum atomic E-state index is 9.76. The lowest BCUT2D eigenvalue weighted by molar-refractivity contribution is 0.180. The summed E-state index contributed by atoms with van der Waals surface area (Å²) in [4.78, 5) is 0. The summed E-state index contributed by atoms with van der Waals surface area (Å²) in [5, 5.41) is 9.76. The second kappa shape index (κ2) is 3.74. The maximum Gasteiger partial charge on any atom is 0.0796 e. The predicted octanol–water partition coefficient (Wildman–Crippen LogP) is 2.79. The topological polar surface area (TPSA) is 20.2 Å². The molecule has 14 heavy (non-hydrogen) atoms. The average molecular weight is 190 g/mol. The molecule has 1 heteroatoms. The molecule has 0 bridgehead atoms. The molecular weight excluding hydrogens is 172 g/mol. The van der Waals surface area contributed by atoms with Crippen molar-refractivity contribution in [3.05, 3.63) is 34.4 Å². The molecule has 1 aliphatic rings. The van der Waals surface area contributed by atoms with E-state index in [-0.39, 0.29) is 6.10 Å². The van der Waals surface area contributed by atoms with Gasteiger partial charge in [0.05, 0.1) is 6.10 Å². The standard InChI is InChI=1S/C13H18O/c1-3-9-7-11-5-6-13(14)12(11)8-10(9)4-2/h7-8,13-14H,3-6H2,1-2H3. The Morgan fingerprint density at radius 1 is 1.21 bits per heavy atom. The summed E-state index contributed by atoms with van der Waals surface area (Å²) in [6.07, 6.45) is 3.93. The lowest BCUT2D eigenvalue weighted by Crippen LogP contribution is -1.97. The zero-order chi connectivity index (χ0) is 10.1. The normalized spacial score (nSPS) is 19.8. The number of hydrogen-bond donors (Lipinski definition) is 1. The van der Waals surface area contributed by atoms with E-state index in [1.165, 1.54) is 22.3 Å². The second-order valence-electron chi connectivity index (χ2n) is 4.08. The van der Waals surface area contributed by atoms with Gasteiger partial charge in [-0.2, -0.15) is 0 Å². The van der Waals surface area contributed by atoms with E-state index in [1.54, 1.807) is 0 Å². The Morgan fingerprint density at radius 2 is 1.86 bits per heavy atom. The molecule has 0 amide bonds. The monoisotopic (exact) mass is 190 g/mol. The zero-order valence-corrected chi connectivity index (χ0v) is 9.01. The van der Waals surface area contributed by atoms with Gasteiger partial charge in [-0.1, -0.05) is 26.0 Å². The fraction of sp³-hybridized carbons (Fsp3) is 0.538. The molecule has 0 aromatic heterocycles. The molecule has 1 unspecified atom stereocenters. The Morgan fingerprint density at radius 3 is 2.50 bits per heavy atom. The molecule has 1 atom stereocenters. The van der Waals surface area contributed by atoms with Gasteiger partial charge in [-0.15, -0.1) is 0 Å². The minimum Gasteiger partial charge on any atom is -0.388 e. The van der Waals surface area contributed by atoms with Gasteiger partial charge in [0.15, 0.2) is 0 Å². The van der Waals surface area contributed by atoms with Gasteiger partial charge < -0.3 is 5.11 Å². The first-order valence-electron chi connectivity index (χ1n) is 5.58. The minimum atomic E-state index is -0.207. The van der Waals surface area contributed by atoms with Gasteiger partial charge in [-0.3, -0.25) is 0 Å². The number of aryl methyl sites for hydroxylation is 3. The van der Waals surface area contributed by atoms with E-state index in [9.17, 15) is 5.11 Å². The van der Waals surface area contributed by atoms with Crippen LogP contribution in [0.4, 0.5) is 0 Å². The zero-order valence-electron chi connectivity index (χ0n) is 9.01. The van der Waals surface area contributed by atoms with Crippen molar-refractivity contribution >= 4 is 0 Å². The van der Waals surface area contributed by atoms with E-state index in [2.05, 4.69) is 26.0 Å². The fourth-order valence-corrected chi connectivity index (χ4v) is 2.39. The van der Waals surface area contributed by atoms with E-state index in [0.717, 1.165) is 25.7 Å². The van der Waals surface area contributed by atoms with Crippen LogP contribution in [-0.4, -0.2) is 5.11 Å². The molecule has 0 fully saturated rings. The molecule has 1 N–H and O–H groups in total. The highest BCUT2D eigenvalue weighted by Crippen LogP contribution is 2.33. The third kappa shape index (κ3) is 1.46. The summed E-state index contributed by atoms with van der Waals surface area (Å²) < 4.78 is 0. The highest BCUT2D eigenvalue weighted by molar-refractivity contribution is 5.42. The minimum absolute atomic E-state index is 0.207. The second-order valence-corrected chi connectivity index (χ2v) is 4.08. The molecule has 1 aromatic rings. The summed E-state index contributed by atoms with van der Waals surface area (Å²) in [6, 6.07) is 4.51. The summed E-state index contributed by atoms with van der Waals surface area (Å²) >= 11 is 0. The third-order valence-corrected chi connectivity index (χ3v) is 3.27. The highest BCUT2D eigenvalue weighted by Gasteiger charge is 2.21. The van der Waals surface area contributed by atoms with Crippen molar-refractivity contribution in [3.8, 4) is 0 Å². The Bertz CT molecular complexity index is 341. The van der Waals surface area contributed by atoms with Crippen LogP contribution < -0.4 is 0 Å². The Hall–Kier alpha value is -0.820. The predicted molar refractivity (Wildman–Crippen MR) is 58.5 cm³/mol. The number of aliphatic hydroxyl groups excluding tert-OH is 1. The van der Waals surface area contributed by atoms with Crippen molar-refractivity contribution in [2.24, 2.45) is 0 Å². The first kappa shape index (κ1) is 9.72. The van der Waals surface area contributed by atoms with E-state index < -0.39 is 0 Å². The van der Waals surface area contributed by atoms with Gasteiger partial charge >= 0.3 is 0 Å². The van der Waals surface area contributed by atoms with Gasteiger partial charge in [0.2, 0.25) is 0 Å². The SMILES string of the molecule is CCc1cc2c(cc1CC)C(O)CC2. The van der Waals surface area contributed by atoms with Crippen LogP contribution in [-0.2, 0) is 19.3 Å². The van der Waals surface area contributed by atoms with Gasteiger partial charge in [-0.05, 0) is 47.9 Å². The number of benzene rings is 1. The fourth-order valence-electron chi connectivity index (χ4n) is 2.39. The summed E-state index contributed by atoms with van der Waals surface area (Å²) in [5.74, 6) is 0. The Labute approximate surface area is 85.8 Å². The van der Waals surface area contributed by atoms with Crippen molar-refractivity contribution < 1.29 is 5.11 Å². The summed E-state index contributed by atoms with van der Waals surface area (Å²) in [7, 11) is 0. The highest BCUT2D eigenvalue weighted by atomic mass is 16.3. The molecule has 0 saturated carbocycles. The summed E-state index contributed by atoms with van der Waals surface area (Å²) in [6.45, 7) is 4.38. The van der Waals surface area contributed by atoms with Crippen molar-refractivity contribution in [2.75, 3.05) is 0 Å². The van der Waals surface area contributed by atoms with Gasteiger partial charge in [-0.25, -0.2) is 0 Å². The molecule has 0 spiro atoms. The average Bonchev–Trinajstić information content (AvgIpc) is 2.58. The van der Waals surface area contributed by atoms with Crippen LogP contribution >= 0.6 is 0 Å². The lowest BCUT2D eigenvalue weighted by atomic mass is 9.96. The van der Waals surface area contributed by atoms with E-state index >= 15 is 0 Å². The van der Waals surface area contributed by atoms with Crippen LogP contribution in [0.15, 0.2) is 12.1 Å². The van der Waals surface area contributed by atoms with Crippen molar-refractivity contribution in [2.45, 2.75) is 45.6 Å². The quantitative estimate of drug-likeness (QED) is 0.760. The molecule has 0 aliphatic heterocycles. The molecule has 1 aromatic carbocycles. The van der Waals surface area contributed by atoms with Gasteiger partial charge in [0.25, 0.3) is 0 Å². The molecule has 1 aliphatic carbocycles. The van der Waals surface area contributed by atoms with E-state index in [4.69, 9.17) is 0 Å². The number of hydrogen-bond acceptors (Lipinski definition) is 1. The number of fused-ring (bicyclic) bond motifs is 1. The van der Waals surface area contributed by atoms with Crippen LogP contribution in [0.2, 0.25) is 0 Å². The summed E-state index contributed by atoms with van der Waals surface area (Å²) in [5.41, 5.74) is 5.41. The number of aliphatic hydroxyl groups is 1. The number of rotatable bonds is 2. The molecular formula is C13H18O. The molecule has 0 heterocycles. The van der Waals surface area contributed by atoms with Crippen LogP contribution in [0.3, 0.4) is 0 Å². The molecule has 0 saturated heterocycles. The smallest absolute Gasteiger partial charge is 0.0796 e. The molecule has 0 radical (unpaired) electrons. The van der Waals surface area contributed by atoms with Crippen LogP contribution in [0.1, 0.15) is 48.6 Å². The lowest BCUT2D eigenvalue weighted by Gasteiger charge is -2.11. The van der Waals surface area contributed by atoms with E-state index in [0.29, 0.717) is 0 Å². The molecule has 1 nitrogen and oxygen atoms in total. The third-order valence-electron chi connectivity index (χ3n) is 3.27. The van der Waals surface area contributed by atoms with Crippen LogP contribution in [0, 0.1) is 0 Å². The van der Waals surface area contributed by atoms with Crippen LogP contribution in [0.25, 0.3) is 0 Å². The molecule has 2 rings (SSSR count). The maximum absolute atomic E-state index is 9.76. The first-order chi connectivity index (χ1) is 6.76. The largest absolute Gasteiger partial charge is 0.388 e. The Balaban J connectivity index is 2.49. The Kier molecular flexibility index (Phi) is 2.60. The molecule has 76 valence electrons. The van der Waals surface area contributed by atoms with Crippen molar-refractivity contribution in [3.63, 3.8) is 0 Å².